The molecule has 1 fully saturated rings. The summed E-state index contributed by atoms with van der Waals surface area (Å²) in [4.78, 5) is 22.4. The van der Waals surface area contributed by atoms with Gasteiger partial charge in [-0.25, -0.2) is 4.98 Å². The number of aryl methyl sites for hydroxylation is 2. The maximum atomic E-state index is 12.7. The van der Waals surface area contributed by atoms with Crippen molar-refractivity contribution >= 4 is 5.91 Å². The number of nitrogens with zero attached hydrogens (tertiary/aromatic N) is 2. The van der Waals surface area contributed by atoms with Crippen molar-refractivity contribution < 1.29 is 9.53 Å². The molecule has 1 amide bonds. The number of likely N-dealkylation sites (tertiary alicyclic amines) is 1. The lowest BCUT2D eigenvalue weighted by molar-refractivity contribution is -0.143. The molecule has 1 unspecified atom stereocenters. The SMILES string of the molecule is Cc1nc2c([nH]1)CC(C(=O)N1CC(COc3ccccc3)C1)CC2. The Hall–Kier alpha value is -2.30. The Morgan fingerprint density at radius 2 is 2.12 bits per heavy atom. The van der Waals surface area contributed by atoms with Gasteiger partial charge in [-0.2, -0.15) is 0 Å². The first-order valence-corrected chi connectivity index (χ1v) is 8.70. The molecular weight excluding hydrogens is 302 g/mol. The van der Waals surface area contributed by atoms with Crippen LogP contribution in [0.2, 0.25) is 0 Å². The van der Waals surface area contributed by atoms with E-state index in [9.17, 15) is 4.79 Å². The fourth-order valence-corrected chi connectivity index (χ4v) is 3.68. The summed E-state index contributed by atoms with van der Waals surface area (Å²) in [7, 11) is 0. The highest BCUT2D eigenvalue weighted by Gasteiger charge is 2.36. The molecule has 0 spiro atoms. The molecule has 0 radical (unpaired) electrons. The number of benzene rings is 1. The Balaban J connectivity index is 1.26. The van der Waals surface area contributed by atoms with Crippen LogP contribution in [0.15, 0.2) is 30.3 Å². The molecule has 1 aliphatic carbocycles. The van der Waals surface area contributed by atoms with E-state index in [0.717, 1.165) is 55.3 Å². The summed E-state index contributed by atoms with van der Waals surface area (Å²) in [6.07, 6.45) is 2.62. The molecule has 2 aromatic rings. The van der Waals surface area contributed by atoms with Crippen LogP contribution in [0.4, 0.5) is 0 Å². The van der Waals surface area contributed by atoms with E-state index in [1.165, 1.54) is 0 Å². The summed E-state index contributed by atoms with van der Waals surface area (Å²) in [5, 5.41) is 0. The average molecular weight is 325 g/mol. The minimum Gasteiger partial charge on any atom is -0.493 e. The van der Waals surface area contributed by atoms with Crippen molar-refractivity contribution in [2.75, 3.05) is 19.7 Å². The first-order valence-electron chi connectivity index (χ1n) is 8.70. The molecule has 4 rings (SSSR count). The van der Waals surface area contributed by atoms with Gasteiger partial charge < -0.3 is 14.6 Å². The highest BCUT2D eigenvalue weighted by molar-refractivity contribution is 5.80. The van der Waals surface area contributed by atoms with E-state index in [-0.39, 0.29) is 5.92 Å². The third kappa shape index (κ3) is 3.03. The molecule has 1 N–H and O–H groups in total. The predicted octanol–water partition coefficient (Wildman–Crippen LogP) is 2.36. The molecule has 126 valence electrons. The molecule has 5 heteroatoms. The number of aromatic amines is 1. The average Bonchev–Trinajstić information content (AvgIpc) is 2.93. The van der Waals surface area contributed by atoms with Gasteiger partial charge in [-0.3, -0.25) is 4.79 Å². The summed E-state index contributed by atoms with van der Waals surface area (Å²) in [5.41, 5.74) is 2.30. The minimum atomic E-state index is 0.105. The summed E-state index contributed by atoms with van der Waals surface area (Å²) in [6.45, 7) is 4.29. The number of aromatic nitrogens is 2. The number of ether oxygens (including phenoxy) is 1. The van der Waals surface area contributed by atoms with E-state index >= 15 is 0 Å². The summed E-state index contributed by atoms with van der Waals surface area (Å²) in [6, 6.07) is 9.86. The number of rotatable bonds is 4. The number of hydrogen-bond acceptors (Lipinski definition) is 3. The van der Waals surface area contributed by atoms with Crippen molar-refractivity contribution in [3.8, 4) is 5.75 Å². The van der Waals surface area contributed by atoms with Crippen LogP contribution in [0.5, 0.6) is 5.75 Å². The molecule has 1 aromatic heterocycles. The monoisotopic (exact) mass is 325 g/mol. The van der Waals surface area contributed by atoms with Crippen molar-refractivity contribution in [2.24, 2.45) is 11.8 Å². The Morgan fingerprint density at radius 3 is 2.92 bits per heavy atom. The zero-order chi connectivity index (χ0) is 16.5. The van der Waals surface area contributed by atoms with Crippen LogP contribution in [-0.4, -0.2) is 40.5 Å². The topological polar surface area (TPSA) is 58.2 Å². The maximum Gasteiger partial charge on any atom is 0.226 e. The maximum absolute atomic E-state index is 12.7. The molecule has 5 nitrogen and oxygen atoms in total. The van der Waals surface area contributed by atoms with E-state index in [4.69, 9.17) is 4.74 Å². The Kier molecular flexibility index (Phi) is 4.00. The van der Waals surface area contributed by atoms with Gasteiger partial charge in [0.05, 0.1) is 12.3 Å². The number of hydrogen-bond donors (Lipinski definition) is 1. The number of carbonyl (C=O) groups is 1. The zero-order valence-electron chi connectivity index (χ0n) is 14.0. The number of H-pyrrole nitrogens is 1. The summed E-state index contributed by atoms with van der Waals surface area (Å²) in [5.74, 6) is 2.70. The molecule has 0 saturated carbocycles. The second kappa shape index (κ2) is 6.30. The normalized spacial score (nSPS) is 20.4. The van der Waals surface area contributed by atoms with E-state index < -0.39 is 0 Å². The van der Waals surface area contributed by atoms with Crippen molar-refractivity contribution in [1.82, 2.24) is 14.9 Å². The molecule has 1 atom stereocenters. The van der Waals surface area contributed by atoms with Gasteiger partial charge in [-0.1, -0.05) is 18.2 Å². The Bertz CT molecular complexity index is 719. The number of imidazole rings is 1. The lowest BCUT2D eigenvalue weighted by Crippen LogP contribution is -2.54. The van der Waals surface area contributed by atoms with Crippen molar-refractivity contribution in [1.29, 1.82) is 0 Å². The van der Waals surface area contributed by atoms with Crippen LogP contribution in [0.1, 0.15) is 23.6 Å². The van der Waals surface area contributed by atoms with Gasteiger partial charge in [0.1, 0.15) is 11.6 Å². The summed E-state index contributed by atoms with van der Waals surface area (Å²) < 4.78 is 5.78. The minimum absolute atomic E-state index is 0.105. The number of nitrogens with one attached hydrogen (secondary N) is 1. The van der Waals surface area contributed by atoms with Crippen LogP contribution in [0.3, 0.4) is 0 Å². The van der Waals surface area contributed by atoms with Crippen molar-refractivity contribution in [2.45, 2.75) is 26.2 Å². The molecular formula is C19H23N3O2. The fourth-order valence-electron chi connectivity index (χ4n) is 3.68. The number of amides is 1. The largest absolute Gasteiger partial charge is 0.493 e. The number of para-hydroxylation sites is 1. The standard InChI is InChI=1S/C19H23N3O2/c1-13-20-17-8-7-15(9-18(17)21-13)19(23)22-10-14(11-22)12-24-16-5-3-2-4-6-16/h2-6,14-15H,7-12H2,1H3,(H,20,21). The van der Waals surface area contributed by atoms with Crippen LogP contribution >= 0.6 is 0 Å². The first kappa shape index (κ1) is 15.2. The predicted molar refractivity (Wildman–Crippen MR) is 90.8 cm³/mol. The van der Waals surface area contributed by atoms with Gasteiger partial charge in [-0.15, -0.1) is 0 Å². The molecule has 1 saturated heterocycles. The fraction of sp³-hybridized carbons (Fsp3) is 0.474. The third-order valence-corrected chi connectivity index (χ3v) is 5.01. The Morgan fingerprint density at radius 1 is 1.33 bits per heavy atom. The van der Waals surface area contributed by atoms with Crippen LogP contribution in [0, 0.1) is 18.8 Å². The lowest BCUT2D eigenvalue weighted by Gasteiger charge is -2.41. The van der Waals surface area contributed by atoms with E-state index in [2.05, 4.69) is 9.97 Å². The second-order valence-electron chi connectivity index (χ2n) is 6.92. The molecule has 2 aliphatic rings. The zero-order valence-corrected chi connectivity index (χ0v) is 14.0. The second-order valence-corrected chi connectivity index (χ2v) is 6.92. The van der Waals surface area contributed by atoms with Crippen molar-refractivity contribution in [3.05, 3.63) is 47.5 Å². The van der Waals surface area contributed by atoms with E-state index in [0.29, 0.717) is 18.4 Å². The van der Waals surface area contributed by atoms with Crippen LogP contribution in [0.25, 0.3) is 0 Å². The summed E-state index contributed by atoms with van der Waals surface area (Å²) >= 11 is 0. The quantitative estimate of drug-likeness (QED) is 0.939. The molecule has 0 bridgehead atoms. The highest BCUT2D eigenvalue weighted by Crippen LogP contribution is 2.28. The van der Waals surface area contributed by atoms with Gasteiger partial charge in [-0.05, 0) is 31.9 Å². The lowest BCUT2D eigenvalue weighted by atomic mass is 9.87. The van der Waals surface area contributed by atoms with Gasteiger partial charge in [0.2, 0.25) is 5.91 Å². The molecule has 1 aromatic carbocycles. The van der Waals surface area contributed by atoms with Crippen molar-refractivity contribution in [3.63, 3.8) is 0 Å². The number of carbonyl (C=O) groups excluding carboxylic acids is 1. The van der Waals surface area contributed by atoms with Crippen LogP contribution < -0.4 is 4.74 Å². The molecule has 24 heavy (non-hydrogen) atoms. The van der Waals surface area contributed by atoms with Gasteiger partial charge in [0.25, 0.3) is 0 Å². The molecule has 2 heterocycles. The third-order valence-electron chi connectivity index (χ3n) is 5.01. The smallest absolute Gasteiger partial charge is 0.226 e. The van der Waals surface area contributed by atoms with E-state index in [1.807, 2.05) is 42.2 Å². The number of fused-ring (bicyclic) bond motifs is 1. The highest BCUT2D eigenvalue weighted by atomic mass is 16.5. The van der Waals surface area contributed by atoms with E-state index in [1.54, 1.807) is 0 Å². The Labute approximate surface area is 142 Å². The molecule has 1 aliphatic heterocycles. The van der Waals surface area contributed by atoms with Gasteiger partial charge in [0, 0.05) is 37.0 Å². The van der Waals surface area contributed by atoms with Gasteiger partial charge >= 0.3 is 0 Å². The van der Waals surface area contributed by atoms with Crippen LogP contribution in [-0.2, 0) is 17.6 Å². The first-order chi connectivity index (χ1) is 11.7. The van der Waals surface area contributed by atoms with Gasteiger partial charge in [0.15, 0.2) is 0 Å².